The molecule has 7 nitrogen and oxygen atoms in total. The van der Waals surface area contributed by atoms with Gasteiger partial charge in [-0.15, -0.1) is 0 Å². The summed E-state index contributed by atoms with van der Waals surface area (Å²) in [4.78, 5) is 32.2. The van der Waals surface area contributed by atoms with Crippen molar-refractivity contribution in [2.45, 2.75) is 23.3 Å². The van der Waals surface area contributed by atoms with Gasteiger partial charge in [-0.2, -0.15) is 0 Å². The molecule has 19 heavy (non-hydrogen) atoms. The SMILES string of the molecule is [2H]C(=O)CO[C@H]1[C@H](OCC([2H])=O)COC(Br)[C@@H]1OCC([2H])=O. The van der Waals surface area contributed by atoms with Crippen molar-refractivity contribution in [3.63, 3.8) is 0 Å². The van der Waals surface area contributed by atoms with Gasteiger partial charge in [0.1, 0.15) is 66.0 Å². The van der Waals surface area contributed by atoms with E-state index in [1.165, 1.54) is 0 Å². The van der Waals surface area contributed by atoms with Gasteiger partial charge >= 0.3 is 0 Å². The van der Waals surface area contributed by atoms with Crippen molar-refractivity contribution < 1.29 is 37.4 Å². The molecule has 0 aromatic heterocycles. The molecule has 0 spiro atoms. The first-order chi connectivity index (χ1) is 10.3. The molecular weight excluding hydrogens is 324 g/mol. The van der Waals surface area contributed by atoms with Gasteiger partial charge in [0.05, 0.1) is 6.61 Å². The molecule has 0 radical (unpaired) electrons. The Balaban J connectivity index is 2.78. The number of carbonyl (C=O) groups is 3. The number of hydrogen-bond donors (Lipinski definition) is 0. The van der Waals surface area contributed by atoms with Gasteiger partial charge in [0.2, 0.25) is 0 Å². The first-order valence-electron chi connectivity index (χ1n) is 6.90. The molecule has 0 amide bonds. The molecule has 0 bridgehead atoms. The van der Waals surface area contributed by atoms with Crippen LogP contribution < -0.4 is 0 Å². The Kier molecular flexibility index (Phi) is 5.90. The minimum absolute atomic E-state index is 0.00522. The Morgan fingerprint density at radius 3 is 2.16 bits per heavy atom. The molecule has 1 aliphatic rings. The van der Waals surface area contributed by atoms with Crippen LogP contribution in [0.2, 0.25) is 0 Å². The minimum Gasteiger partial charge on any atom is -0.366 e. The summed E-state index contributed by atoms with van der Waals surface area (Å²) >= 11 is 3.17. The van der Waals surface area contributed by atoms with Crippen LogP contribution in [0.1, 0.15) is 4.11 Å². The topological polar surface area (TPSA) is 88.1 Å². The maximum absolute atomic E-state index is 10.8. The highest BCUT2D eigenvalue weighted by molar-refractivity contribution is 9.09. The summed E-state index contributed by atoms with van der Waals surface area (Å²) in [5.41, 5.74) is 0. The van der Waals surface area contributed by atoms with Gasteiger partial charge in [0.15, 0.2) is 0 Å². The molecule has 4 atom stereocenters. The lowest BCUT2D eigenvalue weighted by Crippen LogP contribution is -2.54. The van der Waals surface area contributed by atoms with E-state index >= 15 is 0 Å². The third-order valence-corrected chi connectivity index (χ3v) is 3.18. The van der Waals surface area contributed by atoms with Gasteiger partial charge in [-0.3, -0.25) is 0 Å². The highest BCUT2D eigenvalue weighted by Gasteiger charge is 2.41. The zero-order valence-corrected chi connectivity index (χ0v) is 11.5. The van der Waals surface area contributed by atoms with Gasteiger partial charge in [0.25, 0.3) is 0 Å². The second kappa shape index (κ2) is 9.27. The van der Waals surface area contributed by atoms with E-state index in [9.17, 15) is 14.4 Å². The third-order valence-electron chi connectivity index (χ3n) is 2.39. The monoisotopic (exact) mass is 341 g/mol. The Morgan fingerprint density at radius 2 is 1.58 bits per heavy atom. The quantitative estimate of drug-likeness (QED) is 0.412. The van der Waals surface area contributed by atoms with Crippen LogP contribution in [-0.2, 0) is 33.3 Å². The number of rotatable bonds is 9. The van der Waals surface area contributed by atoms with Crippen molar-refractivity contribution in [2.24, 2.45) is 0 Å². The lowest BCUT2D eigenvalue weighted by atomic mass is 10.1. The number of carbonyl (C=O) groups excluding carboxylic acids is 3. The van der Waals surface area contributed by atoms with E-state index in [2.05, 4.69) is 15.9 Å². The highest BCUT2D eigenvalue weighted by Crippen LogP contribution is 2.26. The first kappa shape index (κ1) is 12.1. The normalized spacial score (nSPS) is 33.0. The number of ether oxygens (including phenoxy) is 4. The van der Waals surface area contributed by atoms with Crippen LogP contribution in [0.25, 0.3) is 0 Å². The average molecular weight is 342 g/mol. The summed E-state index contributed by atoms with van der Waals surface area (Å²) in [6.07, 6.45) is -5.51. The van der Waals surface area contributed by atoms with Gasteiger partial charge in [-0.1, -0.05) is 15.9 Å². The zero-order valence-electron chi connectivity index (χ0n) is 12.9. The van der Waals surface area contributed by atoms with Crippen LogP contribution >= 0.6 is 15.9 Å². The molecule has 1 rings (SSSR count). The van der Waals surface area contributed by atoms with Crippen LogP contribution in [0.3, 0.4) is 0 Å². The van der Waals surface area contributed by atoms with Crippen molar-refractivity contribution >= 4 is 34.7 Å². The predicted octanol–water partition coefficient (Wildman–Crippen LogP) is -0.510. The van der Waals surface area contributed by atoms with Crippen molar-refractivity contribution in [2.75, 3.05) is 26.4 Å². The molecule has 0 aromatic rings. The second-order valence-corrected chi connectivity index (χ2v) is 4.42. The van der Waals surface area contributed by atoms with Gasteiger partial charge < -0.3 is 33.3 Å². The molecule has 1 unspecified atom stereocenters. The molecule has 0 saturated carbocycles. The summed E-state index contributed by atoms with van der Waals surface area (Å²) in [6.45, 7) is -1.56. The van der Waals surface area contributed by atoms with E-state index in [-0.39, 0.29) is 6.61 Å². The molecule has 0 N–H and O–H groups in total. The maximum Gasteiger partial charge on any atom is 0.145 e. The van der Waals surface area contributed by atoms with Crippen LogP contribution in [0.15, 0.2) is 0 Å². The third kappa shape index (κ3) is 5.07. The standard InChI is InChI=1S/C11H15BrO7/c12-11-10(18-6-3-15)9(17-5-2-14)8(7-19-11)16-4-1-13/h1-3,8-11H,4-7H2/t8-,9+,10-,11?/m1/s1/i1D,2D,3D. The van der Waals surface area contributed by atoms with Crippen LogP contribution in [-0.4, -0.2) is 68.5 Å². The smallest absolute Gasteiger partial charge is 0.145 e. The van der Waals surface area contributed by atoms with Crippen molar-refractivity contribution in [3.8, 4) is 0 Å². The van der Waals surface area contributed by atoms with E-state index < -0.39 is 61.9 Å². The number of hydrogen-bond acceptors (Lipinski definition) is 7. The molecule has 1 heterocycles. The summed E-state index contributed by atoms with van der Waals surface area (Å²) < 4.78 is 41.5. The van der Waals surface area contributed by atoms with Crippen molar-refractivity contribution in [3.05, 3.63) is 0 Å². The molecule has 1 saturated heterocycles. The number of aldehydes is 3. The van der Waals surface area contributed by atoms with Crippen LogP contribution in [0.5, 0.6) is 0 Å². The van der Waals surface area contributed by atoms with Crippen molar-refractivity contribution in [1.82, 2.24) is 0 Å². The number of alkyl halides is 1. The van der Waals surface area contributed by atoms with E-state index in [0.717, 1.165) is 0 Å². The Hall–Kier alpha value is -0.670. The zero-order chi connectivity index (χ0) is 16.7. The van der Waals surface area contributed by atoms with E-state index in [4.69, 9.17) is 23.1 Å². The highest BCUT2D eigenvalue weighted by atomic mass is 79.9. The average Bonchev–Trinajstić information content (AvgIpc) is 2.42. The molecule has 8 heteroatoms. The van der Waals surface area contributed by atoms with Crippen molar-refractivity contribution in [1.29, 1.82) is 0 Å². The van der Waals surface area contributed by atoms with E-state index in [0.29, 0.717) is 0 Å². The molecule has 1 aliphatic heterocycles. The Labute approximate surface area is 122 Å². The second-order valence-electron chi connectivity index (χ2n) is 3.52. The lowest BCUT2D eigenvalue weighted by Gasteiger charge is -2.39. The van der Waals surface area contributed by atoms with Gasteiger partial charge in [-0.05, 0) is 0 Å². The molecule has 1 fully saturated rings. The summed E-state index contributed by atoms with van der Waals surface area (Å²) in [5, 5.41) is -0.691. The summed E-state index contributed by atoms with van der Waals surface area (Å²) in [7, 11) is 0. The molecule has 0 aromatic carbocycles. The fourth-order valence-corrected chi connectivity index (χ4v) is 2.26. The fourth-order valence-electron chi connectivity index (χ4n) is 1.65. The molecule has 0 aliphatic carbocycles. The largest absolute Gasteiger partial charge is 0.366 e. The Morgan fingerprint density at radius 1 is 1.05 bits per heavy atom. The van der Waals surface area contributed by atoms with Crippen LogP contribution in [0, 0.1) is 0 Å². The van der Waals surface area contributed by atoms with Gasteiger partial charge in [0, 0.05) is 0 Å². The summed E-state index contributed by atoms with van der Waals surface area (Å²) in [5.74, 6) is 0. The predicted molar refractivity (Wildman–Crippen MR) is 66.1 cm³/mol. The Bertz CT molecular complexity index is 422. The van der Waals surface area contributed by atoms with Crippen LogP contribution in [0.4, 0.5) is 0 Å². The minimum atomic E-state index is -0.969. The first-order valence-corrected chi connectivity index (χ1v) is 6.31. The molecular formula is C11H15BrO7. The summed E-state index contributed by atoms with van der Waals surface area (Å²) in [6, 6.07) is 0. The lowest BCUT2D eigenvalue weighted by molar-refractivity contribution is -0.205. The van der Waals surface area contributed by atoms with Gasteiger partial charge in [-0.25, -0.2) is 0 Å². The number of halogens is 1. The van der Waals surface area contributed by atoms with E-state index in [1.807, 2.05) is 0 Å². The fraction of sp³-hybridized carbons (Fsp3) is 0.727. The maximum atomic E-state index is 10.8. The molecule has 108 valence electrons. The van der Waals surface area contributed by atoms with E-state index in [1.54, 1.807) is 0 Å².